The van der Waals surface area contributed by atoms with Crippen LogP contribution in [-0.2, 0) is 19.5 Å². The number of nitrogens with one attached hydrogen (secondary N) is 1. The smallest absolute Gasteiger partial charge is 0.189 e. The van der Waals surface area contributed by atoms with Crippen molar-refractivity contribution in [2.75, 3.05) is 14.2 Å². The highest BCUT2D eigenvalue weighted by Crippen LogP contribution is 2.27. The monoisotopic (exact) mass is 457 g/mol. The van der Waals surface area contributed by atoms with E-state index in [0.29, 0.717) is 24.0 Å². The maximum atomic E-state index is 6.03. The first-order chi connectivity index (χ1) is 11.7. The molecule has 1 aromatic heterocycles. The van der Waals surface area contributed by atoms with E-state index in [2.05, 4.69) is 19.9 Å². The van der Waals surface area contributed by atoms with E-state index in [1.807, 2.05) is 30.6 Å². The van der Waals surface area contributed by atoms with Gasteiger partial charge in [0.05, 0.1) is 20.8 Å². The van der Waals surface area contributed by atoms with E-state index in [1.165, 1.54) is 0 Å². The van der Waals surface area contributed by atoms with E-state index in [4.69, 9.17) is 15.2 Å². The van der Waals surface area contributed by atoms with E-state index in [0.717, 1.165) is 30.8 Å². The Labute approximate surface area is 164 Å². The largest absolute Gasteiger partial charge is 0.493 e. The van der Waals surface area contributed by atoms with Crippen LogP contribution in [0, 0.1) is 0 Å². The molecule has 0 spiro atoms. The normalized spacial score (nSPS) is 16.6. The Balaban J connectivity index is 0.00000225. The molecule has 2 aromatic rings. The third kappa shape index (κ3) is 4.77. The lowest BCUT2D eigenvalue weighted by molar-refractivity contribution is 0.354. The van der Waals surface area contributed by atoms with Gasteiger partial charge in [0.15, 0.2) is 17.5 Å². The molecule has 0 saturated carbocycles. The van der Waals surface area contributed by atoms with Crippen molar-refractivity contribution in [2.45, 2.75) is 32.0 Å². The van der Waals surface area contributed by atoms with Gasteiger partial charge in [-0.3, -0.25) is 0 Å². The fourth-order valence-corrected chi connectivity index (χ4v) is 2.88. The number of imidazole rings is 1. The highest BCUT2D eigenvalue weighted by atomic mass is 127. The predicted molar refractivity (Wildman–Crippen MR) is 108 cm³/mol. The molecule has 1 aliphatic heterocycles. The summed E-state index contributed by atoms with van der Waals surface area (Å²) in [4.78, 5) is 8.78. The Bertz CT molecular complexity index is 732. The molecule has 3 rings (SSSR count). The maximum Gasteiger partial charge on any atom is 0.189 e. The number of aliphatic imine (C=N–C) groups is 1. The highest BCUT2D eigenvalue weighted by molar-refractivity contribution is 14.0. The summed E-state index contributed by atoms with van der Waals surface area (Å²) < 4.78 is 12.7. The Morgan fingerprint density at radius 2 is 2.16 bits per heavy atom. The van der Waals surface area contributed by atoms with Crippen molar-refractivity contribution in [3.63, 3.8) is 0 Å². The predicted octanol–water partition coefficient (Wildman–Crippen LogP) is 1.94. The fourth-order valence-electron chi connectivity index (χ4n) is 2.88. The summed E-state index contributed by atoms with van der Waals surface area (Å²) in [6.45, 7) is 1.44. The number of halogens is 1. The lowest BCUT2D eigenvalue weighted by Crippen LogP contribution is -2.44. The van der Waals surface area contributed by atoms with Crippen molar-refractivity contribution in [3.05, 3.63) is 42.0 Å². The Kier molecular flexibility index (Phi) is 6.91. The summed E-state index contributed by atoms with van der Waals surface area (Å²) in [5, 5.41) is 3.29. The minimum absolute atomic E-state index is 0. The second kappa shape index (κ2) is 8.93. The van der Waals surface area contributed by atoms with E-state index in [-0.39, 0.29) is 30.0 Å². The number of aryl methyl sites for hydroxylation is 1. The Hall–Kier alpha value is -1.97. The molecule has 0 radical (unpaired) electrons. The Morgan fingerprint density at radius 1 is 1.36 bits per heavy atom. The molecule has 1 aromatic carbocycles. The van der Waals surface area contributed by atoms with Gasteiger partial charge in [-0.2, -0.15) is 0 Å². The lowest BCUT2D eigenvalue weighted by atomic mass is 10.1. The molecule has 1 aliphatic rings. The maximum absolute atomic E-state index is 6.03. The van der Waals surface area contributed by atoms with Crippen molar-refractivity contribution in [2.24, 2.45) is 10.7 Å². The molecular weight excluding hydrogens is 433 g/mol. The average molecular weight is 457 g/mol. The Morgan fingerprint density at radius 3 is 2.92 bits per heavy atom. The van der Waals surface area contributed by atoms with Crippen molar-refractivity contribution in [1.82, 2.24) is 14.9 Å². The van der Waals surface area contributed by atoms with Crippen LogP contribution in [0.1, 0.15) is 17.8 Å². The first-order valence-corrected chi connectivity index (χ1v) is 7.97. The topological polar surface area (TPSA) is 86.7 Å². The van der Waals surface area contributed by atoms with E-state index in [1.54, 1.807) is 14.2 Å². The molecule has 7 nitrogen and oxygen atoms in total. The summed E-state index contributed by atoms with van der Waals surface area (Å²) in [5.74, 6) is 2.94. The molecule has 1 atom stereocenters. The summed E-state index contributed by atoms with van der Waals surface area (Å²) in [7, 11) is 3.24. The molecular formula is C17H24IN5O2. The minimum Gasteiger partial charge on any atom is -0.493 e. The highest BCUT2D eigenvalue weighted by Gasteiger charge is 2.19. The number of hydrogen-bond acceptors (Lipinski definition) is 4. The molecule has 1 unspecified atom stereocenters. The number of guanidine groups is 1. The van der Waals surface area contributed by atoms with Crippen LogP contribution in [0.2, 0.25) is 0 Å². The van der Waals surface area contributed by atoms with Crippen LogP contribution in [0.3, 0.4) is 0 Å². The molecule has 8 heteroatoms. The molecule has 136 valence electrons. The van der Waals surface area contributed by atoms with E-state index < -0.39 is 0 Å². The van der Waals surface area contributed by atoms with Gasteiger partial charge >= 0.3 is 0 Å². The first kappa shape index (κ1) is 19.4. The van der Waals surface area contributed by atoms with Gasteiger partial charge in [0.1, 0.15) is 5.82 Å². The summed E-state index contributed by atoms with van der Waals surface area (Å²) in [6, 6.07) is 6.01. The van der Waals surface area contributed by atoms with Gasteiger partial charge in [-0.1, -0.05) is 6.07 Å². The van der Waals surface area contributed by atoms with Crippen LogP contribution in [-0.4, -0.2) is 35.8 Å². The number of benzene rings is 1. The van der Waals surface area contributed by atoms with E-state index >= 15 is 0 Å². The zero-order valence-corrected chi connectivity index (χ0v) is 16.8. The average Bonchev–Trinajstić information content (AvgIpc) is 3.07. The SMILES string of the molecule is COc1ccc(CN=C(N)NC2CCn3ccnc3C2)cc1OC.I. The first-order valence-electron chi connectivity index (χ1n) is 7.97. The number of rotatable bonds is 5. The second-order valence-electron chi connectivity index (χ2n) is 5.76. The van der Waals surface area contributed by atoms with Gasteiger partial charge in [0.2, 0.25) is 0 Å². The van der Waals surface area contributed by atoms with Crippen LogP contribution in [0.4, 0.5) is 0 Å². The summed E-state index contributed by atoms with van der Waals surface area (Å²) >= 11 is 0. The quantitative estimate of drug-likeness (QED) is 0.407. The number of hydrogen-bond donors (Lipinski definition) is 2. The zero-order chi connectivity index (χ0) is 16.9. The number of nitrogens with two attached hydrogens (primary N) is 1. The van der Waals surface area contributed by atoms with Crippen molar-refractivity contribution < 1.29 is 9.47 Å². The third-order valence-electron chi connectivity index (χ3n) is 4.18. The molecule has 0 fully saturated rings. The number of nitrogens with zero attached hydrogens (tertiary/aromatic N) is 3. The molecule has 25 heavy (non-hydrogen) atoms. The number of fused-ring (bicyclic) bond motifs is 1. The van der Waals surface area contributed by atoms with Gasteiger partial charge in [-0.15, -0.1) is 24.0 Å². The number of aromatic nitrogens is 2. The van der Waals surface area contributed by atoms with Crippen LogP contribution >= 0.6 is 24.0 Å². The number of ether oxygens (including phenoxy) is 2. The molecule has 2 heterocycles. The molecule has 0 bridgehead atoms. The van der Waals surface area contributed by atoms with Crippen LogP contribution in [0.25, 0.3) is 0 Å². The van der Waals surface area contributed by atoms with Crippen LogP contribution in [0.15, 0.2) is 35.6 Å². The molecule has 0 saturated heterocycles. The minimum atomic E-state index is 0. The van der Waals surface area contributed by atoms with Crippen molar-refractivity contribution >= 4 is 29.9 Å². The summed E-state index contributed by atoms with van der Waals surface area (Å²) in [5.41, 5.74) is 7.04. The van der Waals surface area contributed by atoms with Crippen LogP contribution < -0.4 is 20.5 Å². The third-order valence-corrected chi connectivity index (χ3v) is 4.18. The van der Waals surface area contributed by atoms with Gasteiger partial charge in [0.25, 0.3) is 0 Å². The van der Waals surface area contributed by atoms with Crippen molar-refractivity contribution in [1.29, 1.82) is 0 Å². The molecule has 0 aliphatic carbocycles. The zero-order valence-electron chi connectivity index (χ0n) is 14.4. The second-order valence-corrected chi connectivity index (χ2v) is 5.76. The van der Waals surface area contributed by atoms with Crippen molar-refractivity contribution in [3.8, 4) is 11.5 Å². The number of methoxy groups -OCH3 is 2. The van der Waals surface area contributed by atoms with Gasteiger partial charge in [0, 0.05) is 31.4 Å². The van der Waals surface area contributed by atoms with Gasteiger partial charge in [-0.25, -0.2) is 9.98 Å². The van der Waals surface area contributed by atoms with E-state index in [9.17, 15) is 0 Å². The van der Waals surface area contributed by atoms with Crippen LogP contribution in [0.5, 0.6) is 11.5 Å². The molecule has 3 N–H and O–H groups in total. The standard InChI is InChI=1S/C17H23N5O2.HI/c1-23-14-4-3-12(9-15(14)24-2)11-20-17(18)21-13-5-7-22-8-6-19-16(22)10-13;/h3-4,6,8-9,13H,5,7,10-11H2,1-2H3,(H3,18,20,21);1H. The molecule has 0 amide bonds. The fraction of sp³-hybridized carbons (Fsp3) is 0.412. The lowest BCUT2D eigenvalue weighted by Gasteiger charge is -2.24. The van der Waals surface area contributed by atoms with Gasteiger partial charge in [-0.05, 0) is 24.1 Å². The van der Waals surface area contributed by atoms with Gasteiger partial charge < -0.3 is 25.1 Å². The summed E-state index contributed by atoms with van der Waals surface area (Å²) in [6.07, 6.45) is 5.72.